The highest BCUT2D eigenvalue weighted by atomic mass is 19.3. The molecule has 26 heavy (non-hydrogen) atoms. The molecule has 0 aliphatic heterocycles. The third-order valence-corrected chi connectivity index (χ3v) is 4.10. The lowest BCUT2D eigenvalue weighted by Crippen LogP contribution is -2.19. The SMILES string of the molecule is CNC(=O)Cc1ccc2c(C)cc(-c3ccccc3OC(F)F)nc2c1. The van der Waals surface area contributed by atoms with E-state index >= 15 is 0 Å². The molecule has 1 aromatic heterocycles. The molecule has 6 heteroatoms. The summed E-state index contributed by atoms with van der Waals surface area (Å²) in [6, 6.07) is 14.1. The molecule has 0 atom stereocenters. The fourth-order valence-electron chi connectivity index (χ4n) is 2.85. The van der Waals surface area contributed by atoms with Crippen molar-refractivity contribution < 1.29 is 18.3 Å². The molecule has 0 saturated carbocycles. The molecule has 0 bridgehead atoms. The highest BCUT2D eigenvalue weighted by molar-refractivity contribution is 5.87. The Balaban J connectivity index is 2.09. The van der Waals surface area contributed by atoms with Crippen LogP contribution < -0.4 is 10.1 Å². The summed E-state index contributed by atoms with van der Waals surface area (Å²) in [6.07, 6.45) is 0.252. The number of halogens is 2. The smallest absolute Gasteiger partial charge is 0.387 e. The van der Waals surface area contributed by atoms with Gasteiger partial charge in [-0.15, -0.1) is 0 Å². The molecule has 3 rings (SSSR count). The predicted octanol–water partition coefficient (Wildman–Crippen LogP) is 4.10. The first-order valence-corrected chi connectivity index (χ1v) is 8.13. The first-order chi connectivity index (χ1) is 12.5. The number of likely N-dealkylation sites (N-methyl/N-ethyl adjacent to an activating group) is 1. The van der Waals surface area contributed by atoms with E-state index < -0.39 is 6.61 Å². The van der Waals surface area contributed by atoms with Crippen molar-refractivity contribution in [3.05, 3.63) is 59.7 Å². The van der Waals surface area contributed by atoms with Crippen LogP contribution in [0.2, 0.25) is 0 Å². The minimum absolute atomic E-state index is 0.0789. The predicted molar refractivity (Wildman–Crippen MR) is 96.3 cm³/mol. The number of nitrogens with one attached hydrogen (secondary N) is 1. The van der Waals surface area contributed by atoms with E-state index in [2.05, 4.69) is 15.0 Å². The number of benzene rings is 2. The highest BCUT2D eigenvalue weighted by Crippen LogP contribution is 2.32. The standard InChI is InChI=1S/C20H18F2N2O2/c1-12-9-16(15-5-3-4-6-18(15)26-20(21)22)24-17-10-13(7-8-14(12)17)11-19(25)23-2/h3-10,20H,11H2,1-2H3,(H,23,25). The zero-order valence-corrected chi connectivity index (χ0v) is 14.4. The van der Waals surface area contributed by atoms with Gasteiger partial charge in [-0.2, -0.15) is 8.78 Å². The molecular formula is C20H18F2N2O2. The minimum atomic E-state index is -2.91. The van der Waals surface area contributed by atoms with Gasteiger partial charge >= 0.3 is 6.61 Å². The van der Waals surface area contributed by atoms with Crippen molar-refractivity contribution in [3.63, 3.8) is 0 Å². The van der Waals surface area contributed by atoms with Gasteiger partial charge in [-0.05, 0) is 42.3 Å². The Morgan fingerprint density at radius 3 is 2.69 bits per heavy atom. The second kappa shape index (κ2) is 7.47. The van der Waals surface area contributed by atoms with Gasteiger partial charge in [0.25, 0.3) is 0 Å². The second-order valence-electron chi connectivity index (χ2n) is 5.90. The van der Waals surface area contributed by atoms with Gasteiger partial charge in [-0.1, -0.05) is 24.3 Å². The van der Waals surface area contributed by atoms with E-state index in [1.54, 1.807) is 25.2 Å². The number of ether oxygens (including phenoxy) is 1. The second-order valence-corrected chi connectivity index (χ2v) is 5.90. The van der Waals surface area contributed by atoms with E-state index in [0.29, 0.717) is 16.8 Å². The van der Waals surface area contributed by atoms with Crippen LogP contribution in [0.1, 0.15) is 11.1 Å². The van der Waals surface area contributed by atoms with Crippen molar-refractivity contribution in [2.75, 3.05) is 7.05 Å². The number of rotatable bonds is 5. The summed E-state index contributed by atoms with van der Waals surface area (Å²) in [5.74, 6) is -0.0110. The van der Waals surface area contributed by atoms with Crippen LogP contribution in [0.25, 0.3) is 22.2 Å². The van der Waals surface area contributed by atoms with Gasteiger partial charge in [0.05, 0.1) is 17.6 Å². The monoisotopic (exact) mass is 356 g/mol. The Morgan fingerprint density at radius 2 is 1.96 bits per heavy atom. The van der Waals surface area contributed by atoms with Gasteiger partial charge in [0.15, 0.2) is 0 Å². The van der Waals surface area contributed by atoms with Crippen LogP contribution in [0.15, 0.2) is 48.5 Å². The number of alkyl halides is 2. The molecule has 1 amide bonds. The topological polar surface area (TPSA) is 51.2 Å². The minimum Gasteiger partial charge on any atom is -0.434 e. The van der Waals surface area contributed by atoms with Crippen LogP contribution in [-0.4, -0.2) is 24.6 Å². The fourth-order valence-corrected chi connectivity index (χ4v) is 2.85. The molecule has 0 fully saturated rings. The fraction of sp³-hybridized carbons (Fsp3) is 0.200. The van der Waals surface area contributed by atoms with Crippen LogP contribution in [0, 0.1) is 6.92 Å². The first-order valence-electron chi connectivity index (χ1n) is 8.13. The number of nitrogens with zero attached hydrogens (tertiary/aromatic N) is 1. The lowest BCUT2D eigenvalue weighted by Gasteiger charge is -2.12. The average molecular weight is 356 g/mol. The van der Waals surface area contributed by atoms with Gasteiger partial charge in [0.1, 0.15) is 5.75 Å². The van der Waals surface area contributed by atoms with E-state index in [-0.39, 0.29) is 18.1 Å². The molecule has 0 aliphatic carbocycles. The highest BCUT2D eigenvalue weighted by Gasteiger charge is 2.13. The summed E-state index contributed by atoms with van der Waals surface area (Å²) in [6.45, 7) is -0.973. The largest absolute Gasteiger partial charge is 0.434 e. The molecule has 1 heterocycles. The number of aromatic nitrogens is 1. The lowest BCUT2D eigenvalue weighted by molar-refractivity contribution is -0.119. The molecular weight excluding hydrogens is 338 g/mol. The van der Waals surface area contributed by atoms with E-state index in [4.69, 9.17) is 0 Å². The Labute approximate surface area is 149 Å². The zero-order valence-electron chi connectivity index (χ0n) is 14.4. The normalized spacial score (nSPS) is 11.0. The van der Waals surface area contributed by atoms with Gasteiger partial charge in [-0.3, -0.25) is 4.79 Å². The summed E-state index contributed by atoms with van der Waals surface area (Å²) in [4.78, 5) is 16.2. The quantitative estimate of drug-likeness (QED) is 0.749. The number of hydrogen-bond donors (Lipinski definition) is 1. The van der Waals surface area contributed by atoms with Gasteiger partial charge in [0, 0.05) is 18.0 Å². The number of fused-ring (bicyclic) bond motifs is 1. The maximum absolute atomic E-state index is 12.7. The van der Waals surface area contributed by atoms with Gasteiger partial charge in [-0.25, -0.2) is 4.98 Å². The van der Waals surface area contributed by atoms with Crippen LogP contribution in [0.4, 0.5) is 8.78 Å². The third kappa shape index (κ3) is 3.79. The maximum Gasteiger partial charge on any atom is 0.387 e. The molecule has 4 nitrogen and oxygen atoms in total. The van der Waals surface area contributed by atoms with Crippen LogP contribution >= 0.6 is 0 Å². The number of carbonyl (C=O) groups excluding carboxylic acids is 1. The van der Waals surface area contributed by atoms with Crippen molar-refractivity contribution >= 4 is 16.8 Å². The maximum atomic E-state index is 12.7. The van der Waals surface area contributed by atoms with Crippen LogP contribution in [0.5, 0.6) is 5.75 Å². The molecule has 0 saturated heterocycles. The summed E-state index contributed by atoms with van der Waals surface area (Å²) >= 11 is 0. The van der Waals surface area contributed by atoms with Crippen molar-refractivity contribution in [2.45, 2.75) is 20.0 Å². The van der Waals surface area contributed by atoms with Gasteiger partial charge in [0.2, 0.25) is 5.91 Å². The Bertz CT molecular complexity index is 958. The summed E-state index contributed by atoms with van der Waals surface area (Å²) in [5.41, 5.74) is 3.53. The molecule has 1 N–H and O–H groups in total. The number of pyridine rings is 1. The Morgan fingerprint density at radius 1 is 1.19 bits per heavy atom. The van der Waals surface area contributed by atoms with Crippen LogP contribution in [-0.2, 0) is 11.2 Å². The number of amides is 1. The Kier molecular flexibility index (Phi) is 5.11. The molecule has 2 aromatic carbocycles. The van der Waals surface area contributed by atoms with Crippen molar-refractivity contribution in [3.8, 4) is 17.0 Å². The van der Waals surface area contributed by atoms with Gasteiger partial charge < -0.3 is 10.1 Å². The Hall–Kier alpha value is -3.02. The van der Waals surface area contributed by atoms with Crippen molar-refractivity contribution in [1.82, 2.24) is 10.3 Å². The molecule has 0 radical (unpaired) electrons. The van der Waals surface area contributed by atoms with Crippen molar-refractivity contribution in [1.29, 1.82) is 0 Å². The summed E-state index contributed by atoms with van der Waals surface area (Å²) < 4.78 is 30.0. The van der Waals surface area contributed by atoms with Crippen molar-refractivity contribution in [2.24, 2.45) is 0 Å². The number of hydrogen-bond acceptors (Lipinski definition) is 3. The van der Waals surface area contributed by atoms with Crippen LogP contribution in [0.3, 0.4) is 0 Å². The molecule has 134 valence electrons. The number of aryl methyl sites for hydroxylation is 1. The number of carbonyl (C=O) groups is 1. The van der Waals surface area contributed by atoms with E-state index in [0.717, 1.165) is 16.5 Å². The molecule has 3 aromatic rings. The zero-order chi connectivity index (χ0) is 18.7. The van der Waals surface area contributed by atoms with E-state index in [1.807, 2.05) is 31.2 Å². The molecule has 0 aliphatic rings. The van der Waals surface area contributed by atoms with E-state index in [1.165, 1.54) is 6.07 Å². The molecule has 0 unspecified atom stereocenters. The third-order valence-electron chi connectivity index (χ3n) is 4.10. The average Bonchev–Trinajstić information content (AvgIpc) is 2.61. The number of para-hydroxylation sites is 1. The van der Waals surface area contributed by atoms with E-state index in [9.17, 15) is 13.6 Å². The summed E-state index contributed by atoms with van der Waals surface area (Å²) in [5, 5.41) is 3.53. The summed E-state index contributed by atoms with van der Waals surface area (Å²) in [7, 11) is 1.59. The first kappa shape index (κ1) is 17.8. The molecule has 0 spiro atoms. The lowest BCUT2D eigenvalue weighted by atomic mass is 10.0.